The van der Waals surface area contributed by atoms with E-state index in [9.17, 15) is 19.2 Å². The molecule has 7 rings (SSSR count). The second-order valence-corrected chi connectivity index (χ2v) is 21.1. The first kappa shape index (κ1) is 48.0. The molecular weight excluding hydrogens is 861 g/mol. The van der Waals surface area contributed by atoms with Crippen LogP contribution in [-0.4, -0.2) is 118 Å². The zero-order valence-electron chi connectivity index (χ0n) is 38.8. The molecule has 0 spiro atoms. The van der Waals surface area contributed by atoms with Gasteiger partial charge >= 0.3 is 12.2 Å². The van der Waals surface area contributed by atoms with Crippen LogP contribution in [0.1, 0.15) is 110 Å². The quantitative estimate of drug-likeness (QED) is 0.0811. The molecular formula is C49H66N8O6S2. The molecule has 0 bridgehead atoms. The van der Waals surface area contributed by atoms with Crippen molar-refractivity contribution < 1.29 is 28.7 Å². The fraction of sp³-hybridized carbons (Fsp3) is 0.551. The van der Waals surface area contributed by atoms with E-state index in [1.165, 1.54) is 0 Å². The Kier molecular flexibility index (Phi) is 15.6. The van der Waals surface area contributed by atoms with Crippen LogP contribution in [0.25, 0.3) is 21.8 Å². The normalized spacial score (nSPS) is 21.6. The Balaban J connectivity index is 1.06. The van der Waals surface area contributed by atoms with Crippen molar-refractivity contribution in [1.29, 1.82) is 0 Å². The van der Waals surface area contributed by atoms with Crippen molar-refractivity contribution in [2.24, 2.45) is 0 Å². The highest BCUT2D eigenvalue weighted by molar-refractivity contribution is 7.13. The number of thiazole rings is 2. The van der Waals surface area contributed by atoms with Gasteiger partial charge in [0.25, 0.3) is 0 Å². The molecule has 5 heterocycles. The summed E-state index contributed by atoms with van der Waals surface area (Å²) in [5, 5.41) is 19.1. The Bertz CT molecular complexity index is 2220. The number of nitrogens with one attached hydrogen (secondary N) is 4. The minimum absolute atomic E-state index is 0.00437. The monoisotopic (exact) mass is 926 g/mol. The van der Waals surface area contributed by atoms with Crippen molar-refractivity contribution in [3.63, 3.8) is 0 Å². The van der Waals surface area contributed by atoms with Crippen molar-refractivity contribution in [2.75, 3.05) is 32.7 Å². The number of carbonyl (C=O) groups is 4. The Morgan fingerprint density at radius 2 is 1.43 bits per heavy atom. The number of carbonyl (C=O) groups excluding carboxylic acids is 4. The first-order valence-electron chi connectivity index (χ1n) is 23.1. The maximum absolute atomic E-state index is 14.8. The van der Waals surface area contributed by atoms with Crippen molar-refractivity contribution in [1.82, 2.24) is 41.0 Å². The Labute approximate surface area is 391 Å². The van der Waals surface area contributed by atoms with Crippen LogP contribution in [-0.2, 0) is 19.1 Å². The standard InChI is InChI=1S/C49H66N8O6S2/c1-8-24-56(40-28-50-26-34(40)43-52-38(29-65-43)31-17-11-9-12-18-31)44(58)36(54-46(60)62-48(2,3)4)21-15-16-22-37(55-47(61)63-49(5,6)7)45(59)57-25-23-35-41(57)33(27-51-35)39-30-64-42(53-39)32-19-13-10-14-20-32/h9-14,17-20,29-30,33-37,40-41,50-51H,8,15-16,21-28H2,1-7H3,(H,54,60)(H,55,61). The summed E-state index contributed by atoms with van der Waals surface area (Å²) < 4.78 is 11.3. The van der Waals surface area contributed by atoms with E-state index in [-0.39, 0.29) is 41.8 Å². The predicted octanol–water partition coefficient (Wildman–Crippen LogP) is 7.93. The number of hydrogen-bond acceptors (Lipinski definition) is 12. The van der Waals surface area contributed by atoms with Crippen LogP contribution in [0.15, 0.2) is 71.4 Å². The van der Waals surface area contributed by atoms with Gasteiger partial charge in [0, 0.05) is 72.5 Å². The molecule has 7 unspecified atom stereocenters. The molecule has 2 aromatic carbocycles. The summed E-state index contributed by atoms with van der Waals surface area (Å²) in [5.74, 6) is -0.380. The molecule has 3 aliphatic rings. The molecule has 4 N–H and O–H groups in total. The summed E-state index contributed by atoms with van der Waals surface area (Å²) in [4.78, 5) is 70.1. The summed E-state index contributed by atoms with van der Waals surface area (Å²) in [6.07, 6.45) is 1.79. The molecule has 4 amide bonds. The molecule has 0 saturated carbocycles. The van der Waals surface area contributed by atoms with E-state index in [1.54, 1.807) is 64.2 Å². The summed E-state index contributed by atoms with van der Waals surface area (Å²) in [6.45, 7) is 15.8. The van der Waals surface area contributed by atoms with Gasteiger partial charge in [0.15, 0.2) is 0 Å². The topological polar surface area (TPSA) is 167 Å². The van der Waals surface area contributed by atoms with Gasteiger partial charge in [-0.1, -0.05) is 80.4 Å². The first-order valence-corrected chi connectivity index (χ1v) is 24.9. The van der Waals surface area contributed by atoms with Crippen LogP contribution in [0.4, 0.5) is 9.59 Å². The molecule has 16 heteroatoms. The third-order valence-electron chi connectivity index (χ3n) is 12.1. The number of benzene rings is 2. The molecule has 65 heavy (non-hydrogen) atoms. The number of alkyl carbamates (subject to hydrolysis) is 2. The lowest BCUT2D eigenvalue weighted by atomic mass is 9.95. The molecule has 4 aromatic rings. The number of likely N-dealkylation sites (tertiary alicyclic amines) is 1. The molecule has 0 radical (unpaired) electrons. The fourth-order valence-electron chi connectivity index (χ4n) is 9.28. The molecule has 3 aliphatic heterocycles. The van der Waals surface area contributed by atoms with E-state index < -0.39 is 35.5 Å². The van der Waals surface area contributed by atoms with Gasteiger partial charge in [0.2, 0.25) is 11.8 Å². The molecule has 14 nitrogen and oxygen atoms in total. The van der Waals surface area contributed by atoms with Gasteiger partial charge in [-0.25, -0.2) is 19.6 Å². The zero-order chi connectivity index (χ0) is 46.3. The number of unbranched alkanes of at least 4 members (excludes halogenated alkanes) is 1. The van der Waals surface area contributed by atoms with Crippen molar-refractivity contribution in [3.8, 4) is 21.8 Å². The number of hydrogen-bond donors (Lipinski definition) is 4. The largest absolute Gasteiger partial charge is 0.444 e. The van der Waals surface area contributed by atoms with Gasteiger partial charge in [-0.05, 0) is 67.2 Å². The SMILES string of the molecule is CCCN(C(=O)C(CCCCC(NC(=O)OC(C)(C)C)C(=O)N1CCC2NCC(c3csc(-c4ccccc4)n3)C21)NC(=O)OC(C)(C)C)C1CNCC1c1nc(-c2ccccc2)cs1. The average molecular weight is 927 g/mol. The van der Waals surface area contributed by atoms with Gasteiger partial charge in [-0.3, -0.25) is 9.59 Å². The second kappa shape index (κ2) is 21.2. The molecule has 7 atom stereocenters. The van der Waals surface area contributed by atoms with E-state index in [0.717, 1.165) is 45.4 Å². The van der Waals surface area contributed by atoms with E-state index in [0.29, 0.717) is 58.4 Å². The average Bonchev–Trinajstić information content (AvgIpc) is 4.11. The highest BCUT2D eigenvalue weighted by Crippen LogP contribution is 2.39. The van der Waals surface area contributed by atoms with Crippen LogP contribution in [0, 0.1) is 0 Å². The molecule has 3 fully saturated rings. The molecule has 2 aromatic heterocycles. The fourth-order valence-corrected chi connectivity index (χ4v) is 11.2. The number of fused-ring (bicyclic) bond motifs is 1. The van der Waals surface area contributed by atoms with Crippen LogP contribution in [0.3, 0.4) is 0 Å². The minimum Gasteiger partial charge on any atom is -0.444 e. The maximum atomic E-state index is 14.8. The molecule has 0 aliphatic carbocycles. The van der Waals surface area contributed by atoms with Crippen molar-refractivity contribution in [2.45, 2.75) is 140 Å². The Morgan fingerprint density at radius 1 is 0.800 bits per heavy atom. The third kappa shape index (κ3) is 12.3. The van der Waals surface area contributed by atoms with Gasteiger partial charge < -0.3 is 40.5 Å². The third-order valence-corrected chi connectivity index (χ3v) is 14.0. The summed E-state index contributed by atoms with van der Waals surface area (Å²) in [6, 6.07) is 18.2. The van der Waals surface area contributed by atoms with Gasteiger partial charge in [-0.2, -0.15) is 0 Å². The lowest BCUT2D eigenvalue weighted by Crippen LogP contribution is -2.54. The first-order chi connectivity index (χ1) is 31.1. The lowest BCUT2D eigenvalue weighted by Gasteiger charge is -2.35. The van der Waals surface area contributed by atoms with Gasteiger partial charge in [0.05, 0.1) is 28.5 Å². The van der Waals surface area contributed by atoms with Crippen molar-refractivity contribution in [3.05, 3.63) is 82.1 Å². The van der Waals surface area contributed by atoms with E-state index in [4.69, 9.17) is 19.4 Å². The molecule has 3 saturated heterocycles. The van der Waals surface area contributed by atoms with Crippen LogP contribution in [0.2, 0.25) is 0 Å². The number of rotatable bonds is 16. The van der Waals surface area contributed by atoms with E-state index in [1.807, 2.05) is 65.3 Å². The van der Waals surface area contributed by atoms with Crippen molar-refractivity contribution >= 4 is 46.7 Å². The van der Waals surface area contributed by atoms with Crippen LogP contribution >= 0.6 is 22.7 Å². The lowest BCUT2D eigenvalue weighted by molar-refractivity contribution is -0.136. The number of aromatic nitrogens is 2. The number of ether oxygens (including phenoxy) is 2. The van der Waals surface area contributed by atoms with E-state index in [2.05, 4.69) is 44.2 Å². The van der Waals surface area contributed by atoms with E-state index >= 15 is 0 Å². The zero-order valence-corrected chi connectivity index (χ0v) is 40.4. The summed E-state index contributed by atoms with van der Waals surface area (Å²) >= 11 is 3.21. The summed E-state index contributed by atoms with van der Waals surface area (Å²) in [5.41, 5.74) is 2.44. The van der Waals surface area contributed by atoms with Gasteiger partial charge in [-0.15, -0.1) is 22.7 Å². The van der Waals surface area contributed by atoms with Crippen LogP contribution in [0.5, 0.6) is 0 Å². The Hall–Kier alpha value is -4.90. The van der Waals surface area contributed by atoms with Gasteiger partial charge in [0.1, 0.15) is 28.3 Å². The highest BCUT2D eigenvalue weighted by atomic mass is 32.1. The number of amides is 4. The second-order valence-electron chi connectivity index (χ2n) is 19.4. The highest BCUT2D eigenvalue weighted by Gasteiger charge is 2.49. The van der Waals surface area contributed by atoms with Crippen LogP contribution < -0.4 is 21.3 Å². The number of nitrogens with zero attached hydrogens (tertiary/aromatic N) is 4. The minimum atomic E-state index is -0.884. The Morgan fingerprint density at radius 3 is 2.08 bits per heavy atom. The molecule has 350 valence electrons. The predicted molar refractivity (Wildman–Crippen MR) is 256 cm³/mol. The summed E-state index contributed by atoms with van der Waals surface area (Å²) in [7, 11) is 0. The maximum Gasteiger partial charge on any atom is 0.408 e. The smallest absolute Gasteiger partial charge is 0.408 e.